The molecule has 0 radical (unpaired) electrons. The fourth-order valence-corrected chi connectivity index (χ4v) is 2.37. The van der Waals surface area contributed by atoms with Crippen molar-refractivity contribution in [1.82, 2.24) is 9.78 Å². The van der Waals surface area contributed by atoms with Gasteiger partial charge in [0.15, 0.2) is 0 Å². The second-order valence-corrected chi connectivity index (χ2v) is 5.19. The van der Waals surface area contributed by atoms with Gasteiger partial charge in [-0.05, 0) is 24.6 Å². The van der Waals surface area contributed by atoms with E-state index >= 15 is 0 Å². The Balaban J connectivity index is 2.29. The maximum Gasteiger partial charge on any atom is 0.339 e. The lowest BCUT2D eigenvalue weighted by atomic mass is 10.2. The number of aryl methyl sites for hydroxylation is 1. The van der Waals surface area contributed by atoms with Crippen molar-refractivity contribution in [3.63, 3.8) is 0 Å². The number of benzene rings is 1. The molecule has 4 nitrogen and oxygen atoms in total. The van der Waals surface area contributed by atoms with Gasteiger partial charge in [-0.25, -0.2) is 4.79 Å². The van der Waals surface area contributed by atoms with Crippen LogP contribution in [0.25, 0.3) is 0 Å². The molecule has 0 spiro atoms. The Bertz CT molecular complexity index is 610. The highest BCUT2D eigenvalue weighted by Gasteiger charge is 2.12. The summed E-state index contributed by atoms with van der Waals surface area (Å²) < 4.78 is 2.48. The van der Waals surface area contributed by atoms with Crippen LogP contribution in [0, 0.1) is 6.92 Å². The minimum absolute atomic E-state index is 0.211. The Morgan fingerprint density at radius 1 is 1.56 bits per heavy atom. The predicted molar refractivity (Wildman–Crippen MR) is 72.2 cm³/mol. The minimum atomic E-state index is -0.972. The fourth-order valence-electron chi connectivity index (χ4n) is 1.63. The summed E-state index contributed by atoms with van der Waals surface area (Å²) in [7, 11) is 0. The van der Waals surface area contributed by atoms with Crippen molar-refractivity contribution in [2.75, 3.05) is 0 Å². The van der Waals surface area contributed by atoms with Crippen molar-refractivity contribution < 1.29 is 9.90 Å². The highest BCUT2D eigenvalue weighted by molar-refractivity contribution is 9.10. The van der Waals surface area contributed by atoms with Gasteiger partial charge in [0, 0.05) is 15.7 Å². The molecule has 18 heavy (non-hydrogen) atoms. The molecule has 6 heteroatoms. The number of halogens is 2. The molecule has 0 aliphatic heterocycles. The van der Waals surface area contributed by atoms with Crippen LogP contribution >= 0.6 is 27.5 Å². The van der Waals surface area contributed by atoms with Crippen molar-refractivity contribution in [3.8, 4) is 0 Å². The van der Waals surface area contributed by atoms with Gasteiger partial charge in [0.05, 0.1) is 12.2 Å². The molecule has 0 atom stereocenters. The molecule has 0 saturated carbocycles. The third kappa shape index (κ3) is 2.73. The Hall–Kier alpha value is -1.33. The molecule has 1 aromatic carbocycles. The summed E-state index contributed by atoms with van der Waals surface area (Å²) in [6.45, 7) is 2.11. The zero-order valence-electron chi connectivity index (χ0n) is 9.52. The van der Waals surface area contributed by atoms with Gasteiger partial charge in [-0.1, -0.05) is 33.6 Å². The van der Waals surface area contributed by atoms with E-state index in [9.17, 15) is 4.79 Å². The number of carboxylic acid groups (broad SMARTS) is 1. The second kappa shape index (κ2) is 5.12. The number of aromatic nitrogens is 2. The number of carbonyl (C=O) groups is 1. The third-order valence-corrected chi connectivity index (χ3v) is 3.37. The van der Waals surface area contributed by atoms with E-state index in [2.05, 4.69) is 21.0 Å². The highest BCUT2D eigenvalue weighted by atomic mass is 79.9. The molecule has 1 aromatic heterocycles. The molecule has 0 aliphatic rings. The zero-order valence-corrected chi connectivity index (χ0v) is 11.9. The summed E-state index contributed by atoms with van der Waals surface area (Å²) in [5.74, 6) is -0.972. The predicted octanol–water partition coefficient (Wildman–Crippen LogP) is 3.35. The Kier molecular flexibility index (Phi) is 3.73. The van der Waals surface area contributed by atoms with Crippen LogP contribution in [0.1, 0.15) is 21.6 Å². The first-order chi connectivity index (χ1) is 8.47. The SMILES string of the molecule is Cc1nn(Cc2ccc(Br)cc2Cl)cc1C(=O)O. The van der Waals surface area contributed by atoms with Gasteiger partial charge in [0.25, 0.3) is 0 Å². The number of rotatable bonds is 3. The summed E-state index contributed by atoms with van der Waals surface area (Å²) in [5, 5.41) is 13.7. The van der Waals surface area contributed by atoms with Crippen molar-refractivity contribution in [2.45, 2.75) is 13.5 Å². The van der Waals surface area contributed by atoms with Gasteiger partial charge in [0.1, 0.15) is 5.56 Å². The summed E-state index contributed by atoms with van der Waals surface area (Å²) in [5.41, 5.74) is 1.60. The van der Waals surface area contributed by atoms with E-state index < -0.39 is 5.97 Å². The van der Waals surface area contributed by atoms with Gasteiger partial charge in [-0.2, -0.15) is 5.10 Å². The molecule has 2 rings (SSSR count). The molecule has 94 valence electrons. The molecule has 0 saturated heterocycles. The molecule has 0 aliphatic carbocycles. The van der Waals surface area contributed by atoms with Crippen LogP contribution in [0.2, 0.25) is 5.02 Å². The zero-order chi connectivity index (χ0) is 13.3. The van der Waals surface area contributed by atoms with Gasteiger partial charge in [0.2, 0.25) is 0 Å². The van der Waals surface area contributed by atoms with Crippen molar-refractivity contribution in [1.29, 1.82) is 0 Å². The van der Waals surface area contributed by atoms with Crippen LogP contribution in [0.3, 0.4) is 0 Å². The summed E-state index contributed by atoms with van der Waals surface area (Å²) in [4.78, 5) is 10.9. The molecule has 2 aromatic rings. The van der Waals surface area contributed by atoms with Crippen LogP contribution in [-0.4, -0.2) is 20.9 Å². The fraction of sp³-hybridized carbons (Fsp3) is 0.167. The number of hydrogen-bond donors (Lipinski definition) is 1. The van der Waals surface area contributed by atoms with E-state index in [0.29, 0.717) is 17.3 Å². The summed E-state index contributed by atoms with van der Waals surface area (Å²) in [6.07, 6.45) is 1.51. The molecule has 0 unspecified atom stereocenters. The first-order valence-corrected chi connectivity index (χ1v) is 6.35. The Morgan fingerprint density at radius 2 is 2.28 bits per heavy atom. The van der Waals surface area contributed by atoms with E-state index in [4.69, 9.17) is 16.7 Å². The monoisotopic (exact) mass is 328 g/mol. The van der Waals surface area contributed by atoms with E-state index in [-0.39, 0.29) is 5.56 Å². The van der Waals surface area contributed by atoms with Crippen molar-refractivity contribution >= 4 is 33.5 Å². The largest absolute Gasteiger partial charge is 0.478 e. The smallest absolute Gasteiger partial charge is 0.339 e. The molecule has 1 heterocycles. The van der Waals surface area contributed by atoms with Crippen LogP contribution in [-0.2, 0) is 6.54 Å². The maximum atomic E-state index is 10.9. The minimum Gasteiger partial charge on any atom is -0.478 e. The highest BCUT2D eigenvalue weighted by Crippen LogP contribution is 2.22. The first kappa shape index (κ1) is 13.1. The lowest BCUT2D eigenvalue weighted by molar-refractivity contribution is 0.0696. The van der Waals surface area contributed by atoms with Crippen LogP contribution in [0.5, 0.6) is 0 Å². The van der Waals surface area contributed by atoms with Crippen LogP contribution < -0.4 is 0 Å². The Labute approximate surface area is 117 Å². The molecule has 0 amide bonds. The number of nitrogens with zero attached hydrogens (tertiary/aromatic N) is 2. The number of aromatic carboxylic acids is 1. The average Bonchev–Trinajstić information content (AvgIpc) is 2.64. The summed E-state index contributed by atoms with van der Waals surface area (Å²) >= 11 is 9.43. The standard InChI is InChI=1S/C12H10BrClN2O2/c1-7-10(12(17)18)6-16(15-7)5-8-2-3-9(13)4-11(8)14/h2-4,6H,5H2,1H3,(H,17,18). The topological polar surface area (TPSA) is 55.1 Å². The number of hydrogen-bond acceptors (Lipinski definition) is 2. The van der Waals surface area contributed by atoms with E-state index in [1.807, 2.05) is 12.1 Å². The normalized spacial score (nSPS) is 10.6. The van der Waals surface area contributed by atoms with Crippen molar-refractivity contribution in [2.24, 2.45) is 0 Å². The molecular weight excluding hydrogens is 320 g/mol. The van der Waals surface area contributed by atoms with E-state index in [1.165, 1.54) is 6.20 Å². The van der Waals surface area contributed by atoms with Gasteiger partial charge in [-0.15, -0.1) is 0 Å². The lowest BCUT2D eigenvalue weighted by Gasteiger charge is -2.04. The van der Waals surface area contributed by atoms with Gasteiger partial charge in [-0.3, -0.25) is 4.68 Å². The summed E-state index contributed by atoms with van der Waals surface area (Å²) in [6, 6.07) is 5.56. The molecule has 0 fully saturated rings. The maximum absolute atomic E-state index is 10.9. The molecule has 1 N–H and O–H groups in total. The van der Waals surface area contributed by atoms with E-state index in [0.717, 1.165) is 10.0 Å². The van der Waals surface area contributed by atoms with Gasteiger partial charge < -0.3 is 5.11 Å². The van der Waals surface area contributed by atoms with Gasteiger partial charge >= 0.3 is 5.97 Å². The average molecular weight is 330 g/mol. The lowest BCUT2D eigenvalue weighted by Crippen LogP contribution is -2.01. The van der Waals surface area contributed by atoms with E-state index in [1.54, 1.807) is 17.7 Å². The molecule has 0 bridgehead atoms. The van der Waals surface area contributed by atoms with Crippen LogP contribution in [0.15, 0.2) is 28.9 Å². The quantitative estimate of drug-likeness (QED) is 0.939. The first-order valence-electron chi connectivity index (χ1n) is 5.18. The Morgan fingerprint density at radius 3 is 2.83 bits per heavy atom. The van der Waals surface area contributed by atoms with Crippen LogP contribution in [0.4, 0.5) is 0 Å². The number of carboxylic acids is 1. The van der Waals surface area contributed by atoms with Crippen molar-refractivity contribution in [3.05, 3.63) is 50.7 Å². The second-order valence-electron chi connectivity index (χ2n) is 3.87. The third-order valence-electron chi connectivity index (χ3n) is 2.52. The molecular formula is C12H10BrClN2O2.